The van der Waals surface area contributed by atoms with Crippen LogP contribution in [0.1, 0.15) is 25.6 Å². The smallest absolute Gasteiger partial charge is 0.226 e. The lowest BCUT2D eigenvalue weighted by Crippen LogP contribution is -2.46. The van der Waals surface area contributed by atoms with Crippen LogP contribution < -0.4 is 4.90 Å². The minimum atomic E-state index is -3.23. The summed E-state index contributed by atoms with van der Waals surface area (Å²) in [6, 6.07) is 7.27. The maximum absolute atomic E-state index is 12.3. The molecule has 3 rings (SSSR count). The van der Waals surface area contributed by atoms with Crippen molar-refractivity contribution < 1.29 is 12.9 Å². The fourth-order valence-corrected chi connectivity index (χ4v) is 4.09. The molecule has 0 radical (unpaired) electrons. The molecule has 1 aliphatic rings. The molecular weight excluding hydrogens is 340 g/mol. The van der Waals surface area contributed by atoms with Gasteiger partial charge in [0, 0.05) is 32.6 Å². The number of aryl methyl sites for hydroxylation is 1. The van der Waals surface area contributed by atoms with Crippen molar-refractivity contribution in [1.82, 2.24) is 15.0 Å². The first kappa shape index (κ1) is 17.9. The quantitative estimate of drug-likeness (QED) is 0.772. The number of nitrogens with zero attached hydrogens (tertiary/aromatic N) is 4. The summed E-state index contributed by atoms with van der Waals surface area (Å²) in [5.41, 5.74) is 0.803. The Labute approximate surface area is 148 Å². The van der Waals surface area contributed by atoms with Crippen LogP contribution in [0.2, 0.25) is 0 Å². The zero-order valence-corrected chi connectivity index (χ0v) is 15.5. The van der Waals surface area contributed by atoms with Crippen LogP contribution in [0.4, 0.5) is 5.69 Å². The Bertz CT molecular complexity index is 811. The van der Waals surface area contributed by atoms with Crippen LogP contribution in [-0.2, 0) is 22.8 Å². The van der Waals surface area contributed by atoms with Crippen LogP contribution >= 0.6 is 0 Å². The molecule has 136 valence electrons. The number of sulfone groups is 1. The van der Waals surface area contributed by atoms with E-state index in [1.165, 1.54) is 0 Å². The molecule has 0 atom stereocenters. The molecule has 2 aromatic rings. The van der Waals surface area contributed by atoms with Gasteiger partial charge in [0.25, 0.3) is 0 Å². The largest absolute Gasteiger partial charge is 0.368 e. The van der Waals surface area contributed by atoms with E-state index in [1.54, 1.807) is 19.1 Å². The molecule has 0 bridgehead atoms. The Morgan fingerprint density at radius 2 is 1.84 bits per heavy atom. The van der Waals surface area contributed by atoms with Gasteiger partial charge in [0.05, 0.1) is 22.9 Å². The summed E-state index contributed by atoms with van der Waals surface area (Å²) in [7, 11) is -3.23. The van der Waals surface area contributed by atoms with Crippen molar-refractivity contribution >= 4 is 15.5 Å². The van der Waals surface area contributed by atoms with E-state index in [1.807, 2.05) is 19.1 Å². The van der Waals surface area contributed by atoms with Crippen LogP contribution in [0.25, 0.3) is 0 Å². The number of rotatable bonds is 6. The average molecular weight is 364 g/mol. The molecule has 8 heteroatoms. The highest BCUT2D eigenvalue weighted by atomic mass is 32.2. The first-order chi connectivity index (χ1) is 12.0. The summed E-state index contributed by atoms with van der Waals surface area (Å²) in [6.07, 6.45) is 0.740. The number of para-hydroxylation sites is 1. The maximum atomic E-state index is 12.3. The Balaban J connectivity index is 1.67. The van der Waals surface area contributed by atoms with Crippen molar-refractivity contribution in [1.29, 1.82) is 0 Å². The molecular formula is C17H24N4O3S. The third-order valence-corrected chi connectivity index (χ3v) is 6.25. The summed E-state index contributed by atoms with van der Waals surface area (Å²) in [4.78, 5) is 9.18. The third-order valence-electron chi connectivity index (χ3n) is 4.47. The van der Waals surface area contributed by atoms with Crippen molar-refractivity contribution in [2.24, 2.45) is 0 Å². The number of piperazine rings is 1. The molecule has 0 spiro atoms. The Kier molecular flexibility index (Phi) is 5.39. The standard InChI is InChI=1S/C17H24N4O3S/c1-3-17-18-16(19-24-17)13-20-9-11-21(12-10-20)14-7-5-6-8-15(14)25(22,23)4-2/h5-8H,3-4,9-13H2,1-2H3. The summed E-state index contributed by atoms with van der Waals surface area (Å²) >= 11 is 0. The normalized spacial score (nSPS) is 16.3. The van der Waals surface area contributed by atoms with Gasteiger partial charge >= 0.3 is 0 Å². The zero-order chi connectivity index (χ0) is 17.9. The predicted molar refractivity (Wildman–Crippen MR) is 95.3 cm³/mol. The lowest BCUT2D eigenvalue weighted by Gasteiger charge is -2.36. The van der Waals surface area contributed by atoms with Gasteiger partial charge in [-0.25, -0.2) is 8.42 Å². The molecule has 1 aromatic carbocycles. The molecule has 0 saturated carbocycles. The third kappa shape index (κ3) is 4.01. The Hall–Kier alpha value is -1.93. The number of hydrogen-bond donors (Lipinski definition) is 0. The van der Waals surface area contributed by atoms with Gasteiger partial charge in [0.15, 0.2) is 15.7 Å². The SMILES string of the molecule is CCc1nc(CN2CCN(c3ccccc3S(=O)(=O)CC)CC2)no1. The highest BCUT2D eigenvalue weighted by Crippen LogP contribution is 2.27. The lowest BCUT2D eigenvalue weighted by molar-refractivity contribution is 0.239. The van der Waals surface area contributed by atoms with E-state index < -0.39 is 9.84 Å². The lowest BCUT2D eigenvalue weighted by atomic mass is 10.2. The van der Waals surface area contributed by atoms with Gasteiger partial charge in [-0.3, -0.25) is 4.90 Å². The van der Waals surface area contributed by atoms with Gasteiger partial charge < -0.3 is 9.42 Å². The fourth-order valence-electron chi connectivity index (χ4n) is 2.98. The Morgan fingerprint density at radius 3 is 2.48 bits per heavy atom. The van der Waals surface area contributed by atoms with Crippen molar-refractivity contribution in [3.63, 3.8) is 0 Å². The van der Waals surface area contributed by atoms with Crippen molar-refractivity contribution in [2.75, 3.05) is 36.8 Å². The second-order valence-corrected chi connectivity index (χ2v) is 8.34. The van der Waals surface area contributed by atoms with E-state index in [2.05, 4.69) is 19.9 Å². The molecule has 1 aliphatic heterocycles. The minimum absolute atomic E-state index is 0.113. The van der Waals surface area contributed by atoms with E-state index >= 15 is 0 Å². The maximum Gasteiger partial charge on any atom is 0.226 e. The molecule has 0 aliphatic carbocycles. The fraction of sp³-hybridized carbons (Fsp3) is 0.529. The molecule has 2 heterocycles. The predicted octanol–water partition coefficient (Wildman–Crippen LogP) is 1.75. The molecule has 25 heavy (non-hydrogen) atoms. The molecule has 1 fully saturated rings. The second-order valence-electron chi connectivity index (χ2n) is 6.09. The van der Waals surface area contributed by atoms with Crippen molar-refractivity contribution in [2.45, 2.75) is 31.7 Å². The number of benzene rings is 1. The van der Waals surface area contributed by atoms with E-state index in [9.17, 15) is 8.42 Å². The van der Waals surface area contributed by atoms with Gasteiger partial charge in [-0.15, -0.1) is 0 Å². The zero-order valence-electron chi connectivity index (χ0n) is 14.7. The summed E-state index contributed by atoms with van der Waals surface area (Å²) in [5, 5.41) is 4.00. The number of anilines is 1. The second kappa shape index (κ2) is 7.53. The van der Waals surface area contributed by atoms with E-state index in [0.717, 1.165) is 38.3 Å². The highest BCUT2D eigenvalue weighted by molar-refractivity contribution is 7.91. The first-order valence-electron chi connectivity index (χ1n) is 8.64. The summed E-state index contributed by atoms with van der Waals surface area (Å²) in [6.45, 7) is 7.53. The first-order valence-corrected chi connectivity index (χ1v) is 10.3. The molecule has 0 unspecified atom stereocenters. The van der Waals surface area contributed by atoms with Crippen LogP contribution in [0.5, 0.6) is 0 Å². The van der Waals surface area contributed by atoms with Gasteiger partial charge in [0.1, 0.15) is 0 Å². The number of hydrogen-bond acceptors (Lipinski definition) is 7. The van der Waals surface area contributed by atoms with Gasteiger partial charge in [0.2, 0.25) is 5.89 Å². The topological polar surface area (TPSA) is 79.5 Å². The monoisotopic (exact) mass is 364 g/mol. The highest BCUT2D eigenvalue weighted by Gasteiger charge is 2.24. The molecule has 0 amide bonds. The van der Waals surface area contributed by atoms with Crippen LogP contribution in [-0.4, -0.2) is 55.4 Å². The molecule has 1 aromatic heterocycles. The van der Waals surface area contributed by atoms with Crippen LogP contribution in [0.3, 0.4) is 0 Å². The summed E-state index contributed by atoms with van der Waals surface area (Å²) in [5.74, 6) is 1.48. The average Bonchev–Trinajstić information content (AvgIpc) is 3.10. The minimum Gasteiger partial charge on any atom is -0.368 e. The van der Waals surface area contributed by atoms with E-state index in [0.29, 0.717) is 23.2 Å². The Morgan fingerprint density at radius 1 is 1.12 bits per heavy atom. The molecule has 0 N–H and O–H groups in total. The summed E-state index contributed by atoms with van der Waals surface area (Å²) < 4.78 is 29.8. The molecule has 7 nitrogen and oxygen atoms in total. The van der Waals surface area contributed by atoms with Gasteiger partial charge in [-0.1, -0.05) is 31.1 Å². The van der Waals surface area contributed by atoms with Gasteiger partial charge in [-0.05, 0) is 12.1 Å². The number of aromatic nitrogens is 2. The van der Waals surface area contributed by atoms with Gasteiger partial charge in [-0.2, -0.15) is 4.98 Å². The van der Waals surface area contributed by atoms with Crippen molar-refractivity contribution in [3.05, 3.63) is 36.0 Å². The molecule has 1 saturated heterocycles. The van der Waals surface area contributed by atoms with Crippen molar-refractivity contribution in [3.8, 4) is 0 Å². The van der Waals surface area contributed by atoms with E-state index in [4.69, 9.17) is 4.52 Å². The van der Waals surface area contributed by atoms with E-state index in [-0.39, 0.29) is 5.75 Å². The van der Waals surface area contributed by atoms with Crippen LogP contribution in [0, 0.1) is 0 Å². The van der Waals surface area contributed by atoms with Crippen LogP contribution in [0.15, 0.2) is 33.7 Å².